The molecule has 2 aliphatic rings. The van der Waals surface area contributed by atoms with Gasteiger partial charge in [-0.1, -0.05) is 37.1 Å². The van der Waals surface area contributed by atoms with E-state index in [1.807, 2.05) is 18.7 Å². The first kappa shape index (κ1) is 19.5. The predicted molar refractivity (Wildman–Crippen MR) is 114 cm³/mol. The summed E-state index contributed by atoms with van der Waals surface area (Å²) in [4.78, 5) is 16.7. The van der Waals surface area contributed by atoms with Crippen molar-refractivity contribution in [3.05, 3.63) is 58.3 Å². The van der Waals surface area contributed by atoms with Gasteiger partial charge in [0.1, 0.15) is 0 Å². The van der Waals surface area contributed by atoms with Crippen LogP contribution < -0.4 is 0 Å². The number of aromatic nitrogens is 1. The van der Waals surface area contributed by atoms with Crippen LogP contribution in [0.3, 0.4) is 0 Å². The third-order valence-corrected chi connectivity index (χ3v) is 7.04. The average Bonchev–Trinajstić information content (AvgIpc) is 3.35. The zero-order chi connectivity index (χ0) is 19.3. The number of carbonyl (C=O) groups is 1. The van der Waals surface area contributed by atoms with Gasteiger partial charge >= 0.3 is 5.97 Å². The van der Waals surface area contributed by atoms with Crippen molar-refractivity contribution in [1.82, 2.24) is 4.98 Å². The number of nitrogens with zero attached hydrogens (tertiary/aromatic N) is 1. The fourth-order valence-corrected chi connectivity index (χ4v) is 5.65. The molecule has 1 fully saturated rings. The predicted octanol–water partition coefficient (Wildman–Crippen LogP) is 5.30. The number of carbonyl (C=O) groups excluding carboxylic acids is 1. The average molecular weight is 396 g/mol. The lowest BCUT2D eigenvalue weighted by atomic mass is 9.99. The third-order valence-electron chi connectivity index (χ3n) is 5.78. The molecule has 0 amide bonds. The summed E-state index contributed by atoms with van der Waals surface area (Å²) >= 11 is 1.99. The number of ether oxygens (including phenoxy) is 1. The summed E-state index contributed by atoms with van der Waals surface area (Å²) in [7, 11) is 0. The minimum atomic E-state index is -0.157. The Bertz CT molecular complexity index is 825. The Morgan fingerprint density at radius 1 is 1.11 bits per heavy atom. The van der Waals surface area contributed by atoms with Crippen LogP contribution in [-0.4, -0.2) is 22.8 Å². The van der Waals surface area contributed by atoms with Gasteiger partial charge in [0.05, 0.1) is 18.1 Å². The molecule has 0 N–H and O–H groups in total. The van der Waals surface area contributed by atoms with E-state index in [-0.39, 0.29) is 5.97 Å². The van der Waals surface area contributed by atoms with Crippen LogP contribution in [-0.2, 0) is 35.2 Å². The summed E-state index contributed by atoms with van der Waals surface area (Å²) in [5.41, 5.74) is 6.56. The number of hydrogen-bond acceptors (Lipinski definition) is 4. The van der Waals surface area contributed by atoms with E-state index in [0.717, 1.165) is 30.1 Å². The summed E-state index contributed by atoms with van der Waals surface area (Å²) in [6.07, 6.45) is 10.2. The molecule has 1 aromatic carbocycles. The lowest BCUT2D eigenvalue weighted by molar-refractivity contribution is -0.142. The molecule has 0 spiro atoms. The number of rotatable bonds is 7. The van der Waals surface area contributed by atoms with Crippen molar-refractivity contribution >= 4 is 17.7 Å². The summed E-state index contributed by atoms with van der Waals surface area (Å²) in [5, 5.41) is 1.98. The van der Waals surface area contributed by atoms with Gasteiger partial charge in [0, 0.05) is 10.9 Å². The van der Waals surface area contributed by atoms with Crippen LogP contribution in [0.5, 0.6) is 0 Å². The van der Waals surface area contributed by atoms with Crippen molar-refractivity contribution in [2.45, 2.75) is 75.0 Å². The van der Waals surface area contributed by atoms with Gasteiger partial charge in [-0.3, -0.25) is 4.79 Å². The Morgan fingerprint density at radius 2 is 1.86 bits per heavy atom. The lowest BCUT2D eigenvalue weighted by Crippen LogP contribution is -2.07. The first-order chi connectivity index (χ1) is 13.7. The Hall–Kier alpha value is -1.81. The Balaban J connectivity index is 1.49. The molecule has 4 rings (SSSR count). The molecule has 1 aromatic heterocycles. The van der Waals surface area contributed by atoms with Crippen LogP contribution in [0.1, 0.15) is 67.0 Å². The van der Waals surface area contributed by atoms with Crippen molar-refractivity contribution < 1.29 is 9.53 Å². The maximum absolute atomic E-state index is 11.7. The minimum Gasteiger partial charge on any atom is -0.466 e. The SMILES string of the molecule is CCOC(=O)Cc1ccc(Cc2cc(SC3CCCC3)nc3c2CCC3)cc1. The molecule has 28 heavy (non-hydrogen) atoms. The second kappa shape index (κ2) is 9.13. The first-order valence-electron chi connectivity index (χ1n) is 10.6. The molecule has 2 aromatic rings. The van der Waals surface area contributed by atoms with Gasteiger partial charge in [0.2, 0.25) is 0 Å². The monoisotopic (exact) mass is 395 g/mol. The molecule has 4 heteroatoms. The highest BCUT2D eigenvalue weighted by Gasteiger charge is 2.21. The van der Waals surface area contributed by atoms with E-state index in [1.54, 1.807) is 0 Å². The number of esters is 1. The largest absolute Gasteiger partial charge is 0.466 e. The van der Waals surface area contributed by atoms with Crippen LogP contribution in [0, 0.1) is 0 Å². The van der Waals surface area contributed by atoms with Gasteiger partial charge in [-0.25, -0.2) is 4.98 Å². The second-order valence-electron chi connectivity index (χ2n) is 7.90. The lowest BCUT2D eigenvalue weighted by Gasteiger charge is -2.14. The maximum atomic E-state index is 11.7. The van der Waals surface area contributed by atoms with E-state index in [2.05, 4.69) is 30.3 Å². The van der Waals surface area contributed by atoms with Crippen LogP contribution in [0.4, 0.5) is 0 Å². The van der Waals surface area contributed by atoms with E-state index in [0.29, 0.717) is 13.0 Å². The number of hydrogen-bond donors (Lipinski definition) is 0. The third kappa shape index (κ3) is 4.78. The van der Waals surface area contributed by atoms with Crippen molar-refractivity contribution in [2.75, 3.05) is 6.61 Å². The van der Waals surface area contributed by atoms with Crippen molar-refractivity contribution in [2.24, 2.45) is 0 Å². The Kier molecular flexibility index (Phi) is 6.36. The number of fused-ring (bicyclic) bond motifs is 1. The summed E-state index contributed by atoms with van der Waals surface area (Å²) in [6, 6.07) is 10.8. The van der Waals surface area contributed by atoms with E-state index < -0.39 is 0 Å². The number of thioether (sulfide) groups is 1. The highest BCUT2D eigenvalue weighted by atomic mass is 32.2. The van der Waals surface area contributed by atoms with Crippen molar-refractivity contribution in [1.29, 1.82) is 0 Å². The molecule has 3 nitrogen and oxygen atoms in total. The van der Waals surface area contributed by atoms with Crippen LogP contribution in [0.25, 0.3) is 0 Å². The van der Waals surface area contributed by atoms with Crippen LogP contribution >= 0.6 is 11.8 Å². The zero-order valence-corrected chi connectivity index (χ0v) is 17.5. The highest BCUT2D eigenvalue weighted by molar-refractivity contribution is 7.99. The Labute approximate surface area is 172 Å². The van der Waals surface area contributed by atoms with Gasteiger partial charge < -0.3 is 4.74 Å². The van der Waals surface area contributed by atoms with E-state index in [9.17, 15) is 4.79 Å². The van der Waals surface area contributed by atoms with Gasteiger partial charge in [0.25, 0.3) is 0 Å². The molecule has 2 aliphatic carbocycles. The van der Waals surface area contributed by atoms with Crippen LogP contribution in [0.15, 0.2) is 35.4 Å². The topological polar surface area (TPSA) is 39.2 Å². The van der Waals surface area contributed by atoms with Gasteiger partial charge in [0.15, 0.2) is 0 Å². The molecule has 0 radical (unpaired) electrons. The fraction of sp³-hybridized carbons (Fsp3) is 0.500. The zero-order valence-electron chi connectivity index (χ0n) is 16.7. The molecule has 0 bridgehead atoms. The highest BCUT2D eigenvalue weighted by Crippen LogP contribution is 2.36. The van der Waals surface area contributed by atoms with Gasteiger partial charge in [-0.05, 0) is 73.8 Å². The summed E-state index contributed by atoms with van der Waals surface area (Å²) in [5.74, 6) is -0.157. The maximum Gasteiger partial charge on any atom is 0.310 e. The standard InChI is InChI=1S/C24H29NO2S/c1-2-27-24(26)15-18-12-10-17(11-13-18)14-19-16-23(28-20-6-3-4-7-20)25-22-9-5-8-21(19)22/h10-13,16,20H,2-9,14-15H2,1H3. The van der Waals surface area contributed by atoms with E-state index >= 15 is 0 Å². The molecular weight excluding hydrogens is 366 g/mol. The molecule has 148 valence electrons. The first-order valence-corrected chi connectivity index (χ1v) is 11.5. The van der Waals surface area contributed by atoms with Gasteiger partial charge in [-0.2, -0.15) is 0 Å². The molecule has 1 saturated carbocycles. The van der Waals surface area contributed by atoms with Crippen molar-refractivity contribution in [3.8, 4) is 0 Å². The van der Waals surface area contributed by atoms with Gasteiger partial charge in [-0.15, -0.1) is 11.8 Å². The molecular formula is C24H29NO2S. The minimum absolute atomic E-state index is 0.157. The second-order valence-corrected chi connectivity index (χ2v) is 9.22. The number of aryl methyl sites for hydroxylation is 1. The molecule has 0 unspecified atom stereocenters. The van der Waals surface area contributed by atoms with E-state index in [4.69, 9.17) is 9.72 Å². The molecule has 0 atom stereocenters. The molecule has 0 saturated heterocycles. The summed E-state index contributed by atoms with van der Waals surface area (Å²) < 4.78 is 5.04. The molecule has 1 heterocycles. The summed E-state index contributed by atoms with van der Waals surface area (Å²) in [6.45, 7) is 2.28. The Morgan fingerprint density at radius 3 is 2.61 bits per heavy atom. The number of benzene rings is 1. The fourth-order valence-electron chi connectivity index (χ4n) is 4.37. The van der Waals surface area contributed by atoms with Crippen LogP contribution in [0.2, 0.25) is 0 Å². The van der Waals surface area contributed by atoms with Crippen molar-refractivity contribution in [3.63, 3.8) is 0 Å². The quantitative estimate of drug-likeness (QED) is 0.596. The normalized spacial score (nSPS) is 16.3. The smallest absolute Gasteiger partial charge is 0.310 e. The number of pyridine rings is 1. The van der Waals surface area contributed by atoms with E-state index in [1.165, 1.54) is 59.5 Å². The molecule has 0 aliphatic heterocycles.